The van der Waals surface area contributed by atoms with Crippen LogP contribution in [0, 0.1) is 34.5 Å². The van der Waals surface area contributed by atoms with Crippen LogP contribution < -0.4 is 0 Å². The van der Waals surface area contributed by atoms with E-state index >= 15 is 0 Å². The number of carbonyl (C=O) groups excluding carboxylic acids is 1. The number of carbonyl (C=O) groups is 1. The first-order chi connectivity index (χ1) is 13.3. The molecule has 1 N–H and O–H groups in total. The third-order valence-corrected chi connectivity index (χ3v) is 9.25. The summed E-state index contributed by atoms with van der Waals surface area (Å²) in [5.74, 6) is 2.59. The number of aliphatic hydroxyl groups excluding tert-OH is 1. The van der Waals surface area contributed by atoms with Gasteiger partial charge in [-0.1, -0.05) is 32.4 Å². The van der Waals surface area contributed by atoms with Crippen molar-refractivity contribution in [3.63, 3.8) is 0 Å². The lowest BCUT2D eigenvalue weighted by molar-refractivity contribution is -0.122. The van der Waals surface area contributed by atoms with E-state index in [4.69, 9.17) is 0 Å². The first-order valence-corrected chi connectivity index (χ1v) is 11.2. The maximum absolute atomic E-state index is 13.3. The van der Waals surface area contributed by atoms with Crippen molar-refractivity contribution in [1.29, 1.82) is 0 Å². The summed E-state index contributed by atoms with van der Waals surface area (Å²) in [6, 6.07) is -0.0225. The number of rotatable bonds is 1. The van der Waals surface area contributed by atoms with Crippen molar-refractivity contribution in [2.45, 2.75) is 71.4 Å². The number of allylic oxidation sites excluding steroid dienone is 1. The second-order valence-corrected chi connectivity index (χ2v) is 10.6. The number of aliphatic imine (C=N–C) groups is 1. The van der Waals surface area contributed by atoms with Gasteiger partial charge in [0.1, 0.15) is 0 Å². The Morgan fingerprint density at radius 1 is 1.18 bits per heavy atom. The highest BCUT2D eigenvalue weighted by Gasteiger charge is 2.63. The van der Waals surface area contributed by atoms with Gasteiger partial charge < -0.3 is 10.0 Å². The highest BCUT2D eigenvalue weighted by molar-refractivity contribution is 5.90. The summed E-state index contributed by atoms with van der Waals surface area (Å²) in [7, 11) is 0. The first kappa shape index (κ1) is 18.6. The van der Waals surface area contributed by atoms with E-state index < -0.39 is 0 Å². The number of ketones is 1. The predicted octanol–water partition coefficient (Wildman–Crippen LogP) is 3.96. The Morgan fingerprint density at radius 2 is 2.00 bits per heavy atom. The maximum atomic E-state index is 13.3. The molecule has 0 bridgehead atoms. The van der Waals surface area contributed by atoms with Gasteiger partial charge >= 0.3 is 0 Å². The second kappa shape index (κ2) is 6.29. The molecule has 0 amide bonds. The average Bonchev–Trinajstić information content (AvgIpc) is 2.94. The molecule has 0 saturated heterocycles. The topological polar surface area (TPSA) is 52.9 Å². The van der Waals surface area contributed by atoms with Crippen molar-refractivity contribution in [3.8, 4) is 0 Å². The summed E-state index contributed by atoms with van der Waals surface area (Å²) in [4.78, 5) is 19.8. The summed E-state index contributed by atoms with van der Waals surface area (Å²) >= 11 is 0. The normalized spacial score (nSPS) is 50.1. The quantitative estimate of drug-likeness (QED) is 0.699. The summed E-state index contributed by atoms with van der Waals surface area (Å²) in [6.45, 7) is 7.99. The third-order valence-electron chi connectivity index (χ3n) is 9.25. The van der Waals surface area contributed by atoms with E-state index in [1.165, 1.54) is 12.0 Å². The molecule has 1 unspecified atom stereocenters. The highest BCUT2D eigenvalue weighted by Crippen LogP contribution is 2.65. The SMILES string of the molecule is C[C@H]1C=C2C[C@@H](O)CC[C@]2(C)[C@H]2CC[C@]3(C)C(N4C=NC=CC4)C(=O)C[C@H]3[C@H]12. The van der Waals surface area contributed by atoms with E-state index in [1.54, 1.807) is 0 Å². The van der Waals surface area contributed by atoms with Crippen LogP contribution in [0.25, 0.3) is 0 Å². The number of Topliss-reactive ketones (excluding diaryl/α,β-unsaturated/α-hetero) is 1. The standard InChI is InChI=1S/C24H34N2O2/c1-15-11-16-12-17(27)5-7-23(16,2)18-6-8-24(3)19(21(15)18)13-20(28)22(24)26-10-4-9-25-14-26/h4,9,11,14-15,17-19,21-22,27H,5-8,10,12-13H2,1-3H3/t15-,17-,18-,19-,21+,22?,23-,24-/m0/s1. The zero-order chi connectivity index (χ0) is 19.7. The lowest BCUT2D eigenvalue weighted by Gasteiger charge is -2.59. The number of fused-ring (bicyclic) bond motifs is 5. The minimum Gasteiger partial charge on any atom is -0.393 e. The fourth-order valence-electron chi connectivity index (χ4n) is 7.91. The summed E-state index contributed by atoms with van der Waals surface area (Å²) < 4.78 is 0. The molecule has 8 atom stereocenters. The molecule has 4 nitrogen and oxygen atoms in total. The van der Waals surface area contributed by atoms with Crippen LogP contribution >= 0.6 is 0 Å². The number of hydrogen-bond acceptors (Lipinski definition) is 4. The maximum Gasteiger partial charge on any atom is 0.156 e. The van der Waals surface area contributed by atoms with Gasteiger partial charge in [-0.3, -0.25) is 4.79 Å². The number of hydrogen-bond donors (Lipinski definition) is 1. The Hall–Kier alpha value is -1.42. The van der Waals surface area contributed by atoms with Gasteiger partial charge in [-0.15, -0.1) is 0 Å². The van der Waals surface area contributed by atoms with Crippen LogP contribution in [0.5, 0.6) is 0 Å². The van der Waals surface area contributed by atoms with Gasteiger partial charge in [0.15, 0.2) is 5.78 Å². The Morgan fingerprint density at radius 3 is 2.75 bits per heavy atom. The van der Waals surface area contributed by atoms with Crippen LogP contribution in [0.1, 0.15) is 59.3 Å². The summed E-state index contributed by atoms with van der Waals surface area (Å²) in [5.41, 5.74) is 1.76. The minimum absolute atomic E-state index is 0.0225. The molecule has 0 radical (unpaired) electrons. The molecule has 4 heteroatoms. The molecule has 0 aromatic heterocycles. The molecule has 0 spiro atoms. The zero-order valence-corrected chi connectivity index (χ0v) is 17.5. The van der Waals surface area contributed by atoms with Gasteiger partial charge in [-0.05, 0) is 72.7 Å². The fourth-order valence-corrected chi connectivity index (χ4v) is 7.91. The lowest BCUT2D eigenvalue weighted by Crippen LogP contribution is -2.56. The van der Waals surface area contributed by atoms with Crippen LogP contribution in [-0.2, 0) is 4.79 Å². The van der Waals surface area contributed by atoms with Crippen molar-refractivity contribution < 1.29 is 9.90 Å². The molecule has 3 fully saturated rings. The van der Waals surface area contributed by atoms with Crippen molar-refractivity contribution in [3.05, 3.63) is 23.9 Å². The lowest BCUT2D eigenvalue weighted by atomic mass is 9.46. The van der Waals surface area contributed by atoms with Gasteiger partial charge in [0, 0.05) is 19.2 Å². The molecule has 0 aromatic rings. The zero-order valence-electron chi connectivity index (χ0n) is 17.5. The average molecular weight is 383 g/mol. The molecule has 1 heterocycles. The van der Waals surface area contributed by atoms with Gasteiger partial charge in [-0.25, -0.2) is 4.99 Å². The van der Waals surface area contributed by atoms with Gasteiger partial charge in [-0.2, -0.15) is 0 Å². The van der Waals surface area contributed by atoms with E-state index in [0.29, 0.717) is 29.5 Å². The van der Waals surface area contributed by atoms with Crippen molar-refractivity contribution in [1.82, 2.24) is 4.90 Å². The number of nitrogens with zero attached hydrogens (tertiary/aromatic N) is 2. The summed E-state index contributed by atoms with van der Waals surface area (Å²) in [6.07, 6.45) is 14.0. The van der Waals surface area contributed by atoms with E-state index in [1.807, 2.05) is 12.5 Å². The van der Waals surface area contributed by atoms with Gasteiger partial charge in [0.05, 0.1) is 18.5 Å². The number of aliphatic hydroxyl groups is 1. The van der Waals surface area contributed by atoms with Gasteiger partial charge in [0.2, 0.25) is 0 Å². The molecule has 152 valence electrons. The highest BCUT2D eigenvalue weighted by atomic mass is 16.3. The Kier molecular flexibility index (Phi) is 4.18. The molecule has 0 aromatic carbocycles. The minimum atomic E-state index is -0.166. The first-order valence-electron chi connectivity index (χ1n) is 11.2. The van der Waals surface area contributed by atoms with E-state index in [2.05, 4.69) is 42.8 Å². The Balaban J connectivity index is 1.51. The molecule has 4 aliphatic carbocycles. The second-order valence-electron chi connectivity index (χ2n) is 10.6. The van der Waals surface area contributed by atoms with E-state index in [0.717, 1.165) is 38.6 Å². The fraction of sp³-hybridized carbons (Fsp3) is 0.750. The van der Waals surface area contributed by atoms with Crippen molar-refractivity contribution >= 4 is 12.1 Å². The molecular formula is C24H34N2O2. The van der Waals surface area contributed by atoms with Crippen LogP contribution in [0.2, 0.25) is 0 Å². The van der Waals surface area contributed by atoms with Crippen LogP contribution in [-0.4, -0.2) is 40.8 Å². The van der Waals surface area contributed by atoms with Crippen molar-refractivity contribution in [2.24, 2.45) is 39.5 Å². The predicted molar refractivity (Wildman–Crippen MR) is 111 cm³/mol. The molecule has 3 saturated carbocycles. The molecule has 28 heavy (non-hydrogen) atoms. The largest absolute Gasteiger partial charge is 0.393 e. The Labute approximate surface area is 168 Å². The smallest absolute Gasteiger partial charge is 0.156 e. The summed E-state index contributed by atoms with van der Waals surface area (Å²) in [5, 5.41) is 10.2. The van der Waals surface area contributed by atoms with E-state index in [9.17, 15) is 9.90 Å². The monoisotopic (exact) mass is 382 g/mol. The van der Waals surface area contributed by atoms with Crippen molar-refractivity contribution in [2.75, 3.05) is 6.54 Å². The molecule has 1 aliphatic heterocycles. The van der Waals surface area contributed by atoms with E-state index in [-0.39, 0.29) is 23.0 Å². The molecule has 5 aliphatic rings. The third kappa shape index (κ3) is 2.46. The van der Waals surface area contributed by atoms with Crippen LogP contribution in [0.3, 0.4) is 0 Å². The van der Waals surface area contributed by atoms with Crippen LogP contribution in [0.4, 0.5) is 0 Å². The Bertz CT molecular complexity index is 771. The molecular weight excluding hydrogens is 348 g/mol. The molecule has 5 rings (SSSR count). The van der Waals surface area contributed by atoms with Gasteiger partial charge in [0.25, 0.3) is 0 Å². The van der Waals surface area contributed by atoms with Crippen LogP contribution in [0.15, 0.2) is 28.9 Å².